The van der Waals surface area contributed by atoms with E-state index in [-0.39, 0.29) is 4.21 Å². The van der Waals surface area contributed by atoms with Crippen LogP contribution < -0.4 is 5.32 Å². The Labute approximate surface area is 140 Å². The predicted octanol–water partition coefficient (Wildman–Crippen LogP) is 3.03. The van der Waals surface area contributed by atoms with Crippen LogP contribution in [0.1, 0.15) is 5.56 Å². The molecule has 0 radical (unpaired) electrons. The average Bonchev–Trinajstić information content (AvgIpc) is 3.01. The Morgan fingerprint density at radius 1 is 1.21 bits per heavy atom. The molecule has 5 nitrogen and oxygen atoms in total. The monoisotopic (exact) mass is 378 g/mol. The van der Waals surface area contributed by atoms with Crippen LogP contribution in [0.3, 0.4) is 0 Å². The first-order valence-electron chi connectivity index (χ1n) is 6.58. The van der Waals surface area contributed by atoms with Gasteiger partial charge in [0.25, 0.3) is 10.0 Å². The van der Waals surface area contributed by atoms with E-state index in [0.29, 0.717) is 0 Å². The van der Waals surface area contributed by atoms with Crippen LogP contribution in [0.5, 0.6) is 0 Å². The van der Waals surface area contributed by atoms with Crippen LogP contribution in [-0.2, 0) is 21.0 Å². The highest BCUT2D eigenvalue weighted by Crippen LogP contribution is 2.34. The average molecular weight is 378 g/mol. The Hall–Kier alpha value is -1.91. The van der Waals surface area contributed by atoms with Crippen LogP contribution in [-0.4, -0.2) is 32.2 Å². The first-order valence-corrected chi connectivity index (χ1v) is 8.90. The maximum atomic E-state index is 12.9. The number of hydrogen-bond donors (Lipinski definition) is 1. The molecule has 1 N–H and O–H groups in total. The van der Waals surface area contributed by atoms with Crippen LogP contribution in [0.15, 0.2) is 46.0 Å². The molecule has 0 saturated carbocycles. The molecule has 10 heteroatoms. The Bertz CT molecular complexity index is 818. The van der Waals surface area contributed by atoms with Crippen molar-refractivity contribution in [3.05, 3.63) is 47.3 Å². The molecular weight excluding hydrogens is 365 g/mol. The molecular formula is C14H13F3N2O3S2. The van der Waals surface area contributed by atoms with E-state index < -0.39 is 39.9 Å². The summed E-state index contributed by atoms with van der Waals surface area (Å²) >= 11 is 0.985. The third-order valence-electron chi connectivity index (χ3n) is 3.03. The van der Waals surface area contributed by atoms with Crippen LogP contribution in [0.4, 0.5) is 18.9 Å². The largest absolute Gasteiger partial charge is 0.418 e. The smallest absolute Gasteiger partial charge is 0.324 e. The molecule has 0 spiro atoms. The van der Waals surface area contributed by atoms with Gasteiger partial charge in [0.2, 0.25) is 5.91 Å². The van der Waals surface area contributed by atoms with Gasteiger partial charge in [-0.3, -0.25) is 4.79 Å². The highest BCUT2D eigenvalue weighted by molar-refractivity contribution is 7.91. The topological polar surface area (TPSA) is 66.5 Å². The van der Waals surface area contributed by atoms with Gasteiger partial charge in [0.15, 0.2) is 0 Å². The molecule has 1 amide bonds. The van der Waals surface area contributed by atoms with Gasteiger partial charge in [0, 0.05) is 7.05 Å². The number of likely N-dealkylation sites (N-methyl/N-ethyl adjacent to an activating group) is 1. The van der Waals surface area contributed by atoms with Crippen molar-refractivity contribution in [3.8, 4) is 0 Å². The van der Waals surface area contributed by atoms with E-state index in [2.05, 4.69) is 5.32 Å². The minimum absolute atomic E-state index is 0.0495. The Kier molecular flexibility index (Phi) is 5.31. The second kappa shape index (κ2) is 6.91. The van der Waals surface area contributed by atoms with Crippen LogP contribution in [0.25, 0.3) is 0 Å². The number of thiophene rings is 1. The zero-order valence-electron chi connectivity index (χ0n) is 12.4. The molecule has 0 aliphatic rings. The van der Waals surface area contributed by atoms with E-state index in [9.17, 15) is 26.4 Å². The van der Waals surface area contributed by atoms with Crippen LogP contribution in [0, 0.1) is 0 Å². The van der Waals surface area contributed by atoms with Gasteiger partial charge in [-0.25, -0.2) is 8.42 Å². The van der Waals surface area contributed by atoms with E-state index in [4.69, 9.17) is 0 Å². The minimum Gasteiger partial charge on any atom is -0.324 e. The van der Waals surface area contributed by atoms with Crippen molar-refractivity contribution in [1.29, 1.82) is 0 Å². The molecule has 0 fully saturated rings. The van der Waals surface area contributed by atoms with Crippen molar-refractivity contribution in [3.63, 3.8) is 0 Å². The van der Waals surface area contributed by atoms with Gasteiger partial charge in [-0.05, 0) is 23.6 Å². The van der Waals surface area contributed by atoms with Crippen molar-refractivity contribution < 1.29 is 26.4 Å². The molecule has 0 bridgehead atoms. The fraction of sp³-hybridized carbons (Fsp3) is 0.214. The quantitative estimate of drug-likeness (QED) is 0.870. The summed E-state index contributed by atoms with van der Waals surface area (Å²) in [6.45, 7) is -0.605. The third kappa shape index (κ3) is 4.13. The predicted molar refractivity (Wildman–Crippen MR) is 84.2 cm³/mol. The number of rotatable bonds is 5. The lowest BCUT2D eigenvalue weighted by atomic mass is 10.1. The fourth-order valence-corrected chi connectivity index (χ4v) is 4.21. The summed E-state index contributed by atoms with van der Waals surface area (Å²) in [5, 5.41) is 3.67. The number of halogens is 3. The molecule has 1 aromatic carbocycles. The molecule has 0 aliphatic carbocycles. The molecule has 130 valence electrons. The summed E-state index contributed by atoms with van der Waals surface area (Å²) in [4.78, 5) is 11.9. The number of carbonyl (C=O) groups is 1. The summed E-state index contributed by atoms with van der Waals surface area (Å²) < 4.78 is 63.8. The fourth-order valence-electron chi connectivity index (χ4n) is 1.88. The number of alkyl halides is 3. The second-order valence-corrected chi connectivity index (χ2v) is 8.00. The number of hydrogen-bond acceptors (Lipinski definition) is 4. The van der Waals surface area contributed by atoms with E-state index in [1.165, 1.54) is 25.2 Å². The molecule has 2 rings (SSSR count). The lowest BCUT2D eigenvalue weighted by Crippen LogP contribution is -2.35. The van der Waals surface area contributed by atoms with Gasteiger partial charge >= 0.3 is 6.18 Å². The number of nitrogens with zero attached hydrogens (tertiary/aromatic N) is 1. The highest BCUT2D eigenvalue weighted by atomic mass is 32.2. The molecule has 2 aromatic rings. The van der Waals surface area contributed by atoms with Gasteiger partial charge in [-0.2, -0.15) is 17.5 Å². The van der Waals surface area contributed by atoms with Crippen LogP contribution in [0.2, 0.25) is 0 Å². The van der Waals surface area contributed by atoms with E-state index >= 15 is 0 Å². The van der Waals surface area contributed by atoms with Crippen molar-refractivity contribution in [1.82, 2.24) is 4.31 Å². The highest BCUT2D eigenvalue weighted by Gasteiger charge is 2.33. The van der Waals surface area contributed by atoms with Gasteiger partial charge in [0.05, 0.1) is 17.8 Å². The van der Waals surface area contributed by atoms with Crippen molar-refractivity contribution >= 4 is 33.0 Å². The molecule has 1 heterocycles. The van der Waals surface area contributed by atoms with E-state index in [1.54, 1.807) is 11.4 Å². The van der Waals surface area contributed by atoms with Gasteiger partial charge in [-0.15, -0.1) is 11.3 Å². The first kappa shape index (κ1) is 18.4. The molecule has 0 saturated heterocycles. The molecule has 0 atom stereocenters. The summed E-state index contributed by atoms with van der Waals surface area (Å²) in [7, 11) is -2.67. The number of nitrogens with one attached hydrogen (secondary N) is 1. The van der Waals surface area contributed by atoms with Crippen molar-refractivity contribution in [2.75, 3.05) is 18.9 Å². The number of amides is 1. The Balaban J connectivity index is 2.12. The third-order valence-corrected chi connectivity index (χ3v) is 6.21. The van der Waals surface area contributed by atoms with Crippen molar-refractivity contribution in [2.24, 2.45) is 0 Å². The summed E-state index contributed by atoms with van der Waals surface area (Å²) in [5.41, 5.74) is -1.42. The van der Waals surface area contributed by atoms with Gasteiger partial charge in [0.1, 0.15) is 4.21 Å². The lowest BCUT2D eigenvalue weighted by Gasteiger charge is -2.17. The lowest BCUT2D eigenvalue weighted by molar-refractivity contribution is -0.137. The second-order valence-electron chi connectivity index (χ2n) is 4.78. The molecule has 1 aromatic heterocycles. The zero-order chi connectivity index (χ0) is 18.0. The minimum atomic E-state index is -4.63. The molecule has 0 aliphatic heterocycles. The number of sulfonamides is 1. The Morgan fingerprint density at radius 3 is 2.46 bits per heavy atom. The first-order chi connectivity index (χ1) is 11.1. The standard InChI is InChI=1S/C14H13F3N2O3S2/c1-19(24(21,22)13-7-4-8-23-13)9-12(20)18-11-6-3-2-5-10(11)14(15,16)17/h2-8H,9H2,1H3,(H,18,20). The van der Waals surface area contributed by atoms with Crippen LogP contribution >= 0.6 is 11.3 Å². The number of anilines is 1. The van der Waals surface area contributed by atoms with Gasteiger partial charge < -0.3 is 5.32 Å². The number of carbonyl (C=O) groups excluding carboxylic acids is 1. The summed E-state index contributed by atoms with van der Waals surface area (Å²) in [6, 6.07) is 7.41. The SMILES string of the molecule is CN(CC(=O)Nc1ccccc1C(F)(F)F)S(=O)(=O)c1cccs1. The van der Waals surface area contributed by atoms with E-state index in [1.807, 2.05) is 0 Å². The maximum Gasteiger partial charge on any atom is 0.418 e. The molecule has 0 unspecified atom stereocenters. The van der Waals surface area contributed by atoms with Crippen molar-refractivity contribution in [2.45, 2.75) is 10.4 Å². The normalized spacial score (nSPS) is 12.4. The molecule has 24 heavy (non-hydrogen) atoms. The van der Waals surface area contributed by atoms with E-state index in [0.717, 1.165) is 27.8 Å². The Morgan fingerprint density at radius 2 is 1.88 bits per heavy atom. The maximum absolute atomic E-state index is 12.9. The number of para-hydroxylation sites is 1. The van der Waals surface area contributed by atoms with Gasteiger partial charge in [-0.1, -0.05) is 18.2 Å². The summed E-state index contributed by atoms with van der Waals surface area (Å²) in [6.07, 6.45) is -4.63. The zero-order valence-corrected chi connectivity index (χ0v) is 14.0. The number of benzene rings is 1. The summed E-state index contributed by atoms with van der Waals surface area (Å²) in [5.74, 6) is -0.866.